The molecule has 1 aromatic rings. The molecule has 6 rings (SSSR count). The number of benzene rings is 1. The van der Waals surface area contributed by atoms with Gasteiger partial charge in [0.25, 0.3) is 0 Å². The maximum Gasteiger partial charge on any atom is 0.549 e. The summed E-state index contributed by atoms with van der Waals surface area (Å²) in [4.78, 5) is 11.5. The number of hydrogen-bond donors (Lipinski definition) is 1. The minimum Gasteiger partial charge on any atom is -0.561 e. The monoisotopic (exact) mass is 563 g/mol. The molecule has 1 aromatic carbocycles. The molecule has 0 aliphatic heterocycles. The number of carbonyl (C=O) groups is 1. The smallest absolute Gasteiger partial charge is 0.549 e. The highest BCUT2D eigenvalue weighted by Crippen LogP contribution is 2.77. The van der Waals surface area contributed by atoms with Gasteiger partial charge in [-0.25, -0.2) is 4.39 Å². The molecule has 0 bridgehead atoms. The van der Waals surface area contributed by atoms with E-state index in [9.17, 15) is 9.90 Å². The third-order valence-corrected chi connectivity index (χ3v) is 14.7. The first-order valence-corrected chi connectivity index (χ1v) is 16.2. The second-order valence-electron chi connectivity index (χ2n) is 16.3. The van der Waals surface area contributed by atoms with Gasteiger partial charge >= 0.3 is 5.97 Å². The van der Waals surface area contributed by atoms with Crippen molar-refractivity contribution in [2.24, 2.45) is 56.7 Å². The highest BCUT2D eigenvalue weighted by atomic mass is 19.1. The van der Waals surface area contributed by atoms with Crippen molar-refractivity contribution in [2.75, 3.05) is 6.61 Å². The van der Waals surface area contributed by atoms with E-state index in [-0.39, 0.29) is 32.6 Å². The molecule has 4 heteroatoms. The lowest BCUT2D eigenvalue weighted by molar-refractivity contribution is -0.228. The molecule has 9 atom stereocenters. The molecular formula is C37H52FO3+. The summed E-state index contributed by atoms with van der Waals surface area (Å²) in [6.45, 7) is 19.4. The standard InChI is InChI=1S/C37H51FO3/c1-22(2)24-12-17-37(21-39)19-18-35(6)27(31(24)37)10-11-30-34(5)15-13-26(25-9-8-23(32(40)41)20-28(25)38)33(3,4)29(34)14-16-36(30,35)7/h8-9,13,20,24,27,29-31,39H,1,10-12,14-19,21H2,2-7H3,(H,40,41)/p+1/t24-,27+,29-,30+,31?,34-,35+,36+,37+/m0/s1. The van der Waals surface area contributed by atoms with Crippen LogP contribution in [0.25, 0.3) is 5.57 Å². The number of fused-ring (bicyclic) bond motifs is 7. The van der Waals surface area contributed by atoms with Crippen molar-refractivity contribution in [2.45, 2.75) is 99.3 Å². The lowest BCUT2D eigenvalue weighted by Gasteiger charge is -2.72. The SMILES string of the molecule is C=C(C)[C@@H]1CC[C@]2(CO)CC[C@]3(C)[C@H](CC[C@@H]4[C@@]5(C)CC=C(c6ccc(C(=O)[OH2+])cc6F)C(C)(C)[C@@H]5CC[C@]43C)C12. The second-order valence-corrected chi connectivity index (χ2v) is 16.3. The summed E-state index contributed by atoms with van der Waals surface area (Å²) in [5.41, 5.74) is 3.56. The van der Waals surface area contributed by atoms with E-state index in [1.807, 2.05) is 0 Å². The van der Waals surface area contributed by atoms with Gasteiger partial charge in [-0.3, -0.25) is 0 Å². The first-order valence-electron chi connectivity index (χ1n) is 16.2. The fourth-order valence-electron chi connectivity index (χ4n) is 12.5. The lowest BCUT2D eigenvalue weighted by Crippen LogP contribution is -2.65. The first kappa shape index (κ1) is 29.1. The number of aliphatic hydroxyl groups is 1. The number of aliphatic hydroxyl groups excluding tert-OH is 1. The van der Waals surface area contributed by atoms with Crippen LogP contribution in [0.15, 0.2) is 36.4 Å². The number of carbonyl (C=O) groups excluding carboxylic acids is 1. The zero-order chi connectivity index (χ0) is 29.8. The molecule has 0 amide bonds. The zero-order valence-electron chi connectivity index (χ0n) is 26.2. The van der Waals surface area contributed by atoms with Crippen LogP contribution in [-0.2, 0) is 0 Å². The summed E-state index contributed by atoms with van der Waals surface area (Å²) in [5, 5.41) is 18.2. The average molecular weight is 564 g/mol. The van der Waals surface area contributed by atoms with Crippen LogP contribution in [0.5, 0.6) is 0 Å². The predicted octanol–water partition coefficient (Wildman–Crippen LogP) is 8.33. The minimum absolute atomic E-state index is 0.0762. The molecule has 41 heavy (non-hydrogen) atoms. The maximum atomic E-state index is 15.4. The molecule has 5 aliphatic rings. The van der Waals surface area contributed by atoms with Crippen LogP contribution in [0.3, 0.4) is 0 Å². The fourth-order valence-corrected chi connectivity index (χ4v) is 12.5. The Morgan fingerprint density at radius 3 is 2.37 bits per heavy atom. The molecule has 0 saturated heterocycles. The first-order chi connectivity index (χ1) is 19.2. The molecule has 0 spiro atoms. The topological polar surface area (TPSA) is 60.2 Å². The Labute approximate surface area is 246 Å². The van der Waals surface area contributed by atoms with Gasteiger partial charge in [-0.1, -0.05) is 58.9 Å². The van der Waals surface area contributed by atoms with Crippen LogP contribution in [0.4, 0.5) is 4.39 Å². The van der Waals surface area contributed by atoms with E-state index in [1.165, 1.54) is 43.7 Å². The Hall–Kier alpha value is -1.94. The maximum absolute atomic E-state index is 15.4. The molecule has 224 valence electrons. The van der Waals surface area contributed by atoms with E-state index >= 15 is 4.39 Å². The van der Waals surface area contributed by atoms with Crippen molar-refractivity contribution >= 4 is 11.5 Å². The quantitative estimate of drug-likeness (QED) is 0.296. The Balaban J connectivity index is 1.37. The molecule has 4 saturated carbocycles. The van der Waals surface area contributed by atoms with Gasteiger partial charge in [-0.15, -0.1) is 0 Å². The van der Waals surface area contributed by atoms with Gasteiger partial charge in [0.05, 0.1) is 0 Å². The van der Waals surface area contributed by atoms with Crippen LogP contribution in [0, 0.1) is 62.5 Å². The van der Waals surface area contributed by atoms with Crippen molar-refractivity contribution in [1.29, 1.82) is 0 Å². The van der Waals surface area contributed by atoms with Crippen molar-refractivity contribution < 1.29 is 19.4 Å². The van der Waals surface area contributed by atoms with Crippen LogP contribution in [0.2, 0.25) is 0 Å². The molecule has 4 fully saturated rings. The Morgan fingerprint density at radius 1 is 1.00 bits per heavy atom. The third-order valence-electron chi connectivity index (χ3n) is 14.7. The van der Waals surface area contributed by atoms with Gasteiger partial charge in [-0.05, 0) is 139 Å². The van der Waals surface area contributed by atoms with Gasteiger partial charge in [-0.2, -0.15) is 0 Å². The minimum atomic E-state index is -0.846. The molecule has 1 unspecified atom stereocenters. The molecule has 5 aliphatic carbocycles. The summed E-state index contributed by atoms with van der Waals surface area (Å²) in [5.74, 6) is 1.52. The molecule has 0 radical (unpaired) electrons. The van der Waals surface area contributed by atoms with Crippen LogP contribution >= 0.6 is 0 Å². The van der Waals surface area contributed by atoms with E-state index in [2.05, 4.69) is 54.2 Å². The van der Waals surface area contributed by atoms with Gasteiger partial charge in [0.2, 0.25) is 0 Å². The lowest BCUT2D eigenvalue weighted by atomic mass is 9.32. The summed E-state index contributed by atoms with van der Waals surface area (Å²) < 4.78 is 15.4. The molecular weight excluding hydrogens is 511 g/mol. The summed E-state index contributed by atoms with van der Waals surface area (Å²) in [6.07, 6.45) is 12.8. The fraction of sp³-hybridized carbons (Fsp3) is 0.703. The third kappa shape index (κ3) is 3.74. The van der Waals surface area contributed by atoms with Gasteiger partial charge in [0, 0.05) is 17.0 Å². The Bertz CT molecular complexity index is 1310. The van der Waals surface area contributed by atoms with Crippen LogP contribution < -0.4 is 0 Å². The zero-order valence-corrected chi connectivity index (χ0v) is 26.2. The number of allylic oxidation sites excluding steroid dienone is 3. The summed E-state index contributed by atoms with van der Waals surface area (Å²) >= 11 is 0. The highest BCUT2D eigenvalue weighted by Gasteiger charge is 2.70. The highest BCUT2D eigenvalue weighted by molar-refractivity contribution is 5.88. The second kappa shape index (κ2) is 9.28. The van der Waals surface area contributed by atoms with E-state index < -0.39 is 11.8 Å². The normalized spacial score (nSPS) is 44.6. The molecule has 3 nitrogen and oxygen atoms in total. The van der Waals surface area contributed by atoms with E-state index in [1.54, 1.807) is 12.1 Å². The number of hydrogen-bond acceptors (Lipinski definition) is 2. The van der Waals surface area contributed by atoms with Crippen molar-refractivity contribution in [3.63, 3.8) is 0 Å². The number of halogens is 1. The molecule has 0 aromatic heterocycles. The van der Waals surface area contributed by atoms with Crippen molar-refractivity contribution in [1.82, 2.24) is 0 Å². The summed E-state index contributed by atoms with van der Waals surface area (Å²) in [6, 6.07) is 4.57. The van der Waals surface area contributed by atoms with E-state index in [0.717, 1.165) is 31.3 Å². The van der Waals surface area contributed by atoms with Gasteiger partial charge < -0.3 is 10.2 Å². The van der Waals surface area contributed by atoms with Gasteiger partial charge in [0.1, 0.15) is 11.4 Å². The number of rotatable bonds is 4. The van der Waals surface area contributed by atoms with Crippen LogP contribution in [0.1, 0.15) is 115 Å². The Morgan fingerprint density at radius 2 is 1.73 bits per heavy atom. The Kier molecular flexibility index (Phi) is 6.60. The van der Waals surface area contributed by atoms with E-state index in [0.29, 0.717) is 41.8 Å². The van der Waals surface area contributed by atoms with Crippen molar-refractivity contribution in [3.8, 4) is 0 Å². The predicted molar refractivity (Wildman–Crippen MR) is 164 cm³/mol. The van der Waals surface area contributed by atoms with Crippen molar-refractivity contribution in [3.05, 3.63) is 53.4 Å². The summed E-state index contributed by atoms with van der Waals surface area (Å²) in [7, 11) is 0. The molecule has 3 N–H and O–H groups in total. The average Bonchev–Trinajstić information content (AvgIpc) is 3.30. The van der Waals surface area contributed by atoms with E-state index in [4.69, 9.17) is 5.11 Å². The molecule has 0 heterocycles. The van der Waals surface area contributed by atoms with Gasteiger partial charge in [0.15, 0.2) is 0 Å². The largest absolute Gasteiger partial charge is 0.561 e. The van der Waals surface area contributed by atoms with Crippen LogP contribution in [-0.4, -0.2) is 22.8 Å².